The lowest BCUT2D eigenvalue weighted by atomic mass is 10.1. The average molecular weight is 301 g/mol. The molecule has 0 saturated heterocycles. The lowest BCUT2D eigenvalue weighted by Crippen LogP contribution is -2.11. The fraction of sp³-hybridized carbons (Fsp3) is 0.133. The number of nitrogens with zero attached hydrogens (tertiary/aromatic N) is 2. The van der Waals surface area contributed by atoms with Gasteiger partial charge in [-0.15, -0.1) is 0 Å². The van der Waals surface area contributed by atoms with Gasteiger partial charge in [-0.25, -0.2) is 0 Å². The van der Waals surface area contributed by atoms with Gasteiger partial charge in [0.2, 0.25) is 0 Å². The third-order valence-electron chi connectivity index (χ3n) is 2.83. The molecule has 3 heteroatoms. The van der Waals surface area contributed by atoms with Gasteiger partial charge in [-0.2, -0.15) is 5.26 Å². The maximum atomic E-state index is 9.20. The van der Waals surface area contributed by atoms with Gasteiger partial charge in [-0.1, -0.05) is 28.1 Å². The number of benzene rings is 2. The van der Waals surface area contributed by atoms with E-state index in [-0.39, 0.29) is 0 Å². The topological polar surface area (TPSA) is 27.0 Å². The van der Waals surface area contributed by atoms with Crippen LogP contribution >= 0.6 is 15.9 Å². The van der Waals surface area contributed by atoms with Crippen molar-refractivity contribution in [2.24, 2.45) is 0 Å². The van der Waals surface area contributed by atoms with Gasteiger partial charge in [-0.3, -0.25) is 0 Å². The Hall–Kier alpha value is -1.79. The minimum Gasteiger partial charge on any atom is -0.344 e. The van der Waals surface area contributed by atoms with E-state index in [9.17, 15) is 5.26 Å². The minimum absolute atomic E-state index is 0.661. The van der Waals surface area contributed by atoms with Crippen LogP contribution in [-0.4, -0.2) is 7.05 Å². The van der Waals surface area contributed by atoms with Gasteiger partial charge in [0, 0.05) is 17.2 Å². The molecule has 0 aromatic heterocycles. The highest BCUT2D eigenvalue weighted by atomic mass is 79.9. The molecule has 0 N–H and O–H groups in total. The molecule has 0 unspecified atom stereocenters. The third-order valence-corrected chi connectivity index (χ3v) is 3.32. The molecule has 0 fully saturated rings. The van der Waals surface area contributed by atoms with Gasteiger partial charge < -0.3 is 4.90 Å². The predicted octanol–water partition coefficient (Wildman–Crippen LogP) is 4.40. The summed E-state index contributed by atoms with van der Waals surface area (Å²) in [7, 11) is 1.97. The van der Waals surface area contributed by atoms with Crippen LogP contribution in [0.3, 0.4) is 0 Å². The number of halogens is 1. The average Bonchev–Trinajstić information content (AvgIpc) is 2.37. The summed E-state index contributed by atoms with van der Waals surface area (Å²) in [6.45, 7) is 2.06. The zero-order chi connectivity index (χ0) is 13.1. The zero-order valence-corrected chi connectivity index (χ0v) is 11.9. The Morgan fingerprint density at radius 2 is 1.94 bits per heavy atom. The molecule has 0 aliphatic heterocycles. The first-order valence-corrected chi connectivity index (χ1v) is 6.41. The lowest BCUT2D eigenvalue weighted by molar-refractivity contribution is 1.19. The molecule has 0 amide bonds. The maximum absolute atomic E-state index is 9.20. The Balaban J connectivity index is 2.46. The van der Waals surface area contributed by atoms with Gasteiger partial charge in [0.05, 0.1) is 11.3 Å². The molecule has 2 aromatic carbocycles. The number of anilines is 2. The Bertz CT molecular complexity index is 614. The first-order chi connectivity index (χ1) is 8.61. The summed E-state index contributed by atoms with van der Waals surface area (Å²) in [6.07, 6.45) is 0. The quantitative estimate of drug-likeness (QED) is 0.822. The molecule has 0 heterocycles. The molecule has 2 rings (SSSR count). The minimum atomic E-state index is 0.661. The standard InChI is InChI=1S/C15H13BrN2/c1-11-4-3-5-14(8-11)18(2)15-7-6-13(16)9-12(15)10-17/h3-9H,1-2H3. The van der Waals surface area contributed by atoms with Crippen molar-refractivity contribution in [2.45, 2.75) is 6.92 Å². The predicted molar refractivity (Wildman–Crippen MR) is 78.1 cm³/mol. The molecule has 18 heavy (non-hydrogen) atoms. The molecule has 2 nitrogen and oxygen atoms in total. The van der Waals surface area contributed by atoms with Crippen LogP contribution in [0.4, 0.5) is 11.4 Å². The molecule has 90 valence electrons. The molecule has 0 aliphatic carbocycles. The number of aryl methyl sites for hydroxylation is 1. The van der Waals surface area contributed by atoms with Crippen molar-refractivity contribution >= 4 is 27.3 Å². The van der Waals surface area contributed by atoms with Crippen molar-refractivity contribution in [1.82, 2.24) is 0 Å². The van der Waals surface area contributed by atoms with Gasteiger partial charge >= 0.3 is 0 Å². The fourth-order valence-electron chi connectivity index (χ4n) is 1.87. The number of rotatable bonds is 2. The Morgan fingerprint density at radius 3 is 2.61 bits per heavy atom. The highest BCUT2D eigenvalue weighted by molar-refractivity contribution is 9.10. The monoisotopic (exact) mass is 300 g/mol. The third kappa shape index (κ3) is 2.55. The SMILES string of the molecule is Cc1cccc(N(C)c2ccc(Br)cc2C#N)c1. The van der Waals surface area contributed by atoms with Crippen LogP contribution in [0.25, 0.3) is 0 Å². The molecular weight excluding hydrogens is 288 g/mol. The maximum Gasteiger partial charge on any atom is 0.101 e. The van der Waals surface area contributed by atoms with Crippen LogP contribution in [0.1, 0.15) is 11.1 Å². The summed E-state index contributed by atoms with van der Waals surface area (Å²) in [6, 6.07) is 16.2. The van der Waals surface area contributed by atoms with E-state index >= 15 is 0 Å². The van der Waals surface area contributed by atoms with Crippen molar-refractivity contribution in [2.75, 3.05) is 11.9 Å². The normalized spacial score (nSPS) is 9.89. The smallest absolute Gasteiger partial charge is 0.101 e. The lowest BCUT2D eigenvalue weighted by Gasteiger charge is -2.21. The molecule has 0 radical (unpaired) electrons. The highest BCUT2D eigenvalue weighted by Crippen LogP contribution is 2.29. The van der Waals surface area contributed by atoms with Crippen LogP contribution in [0, 0.1) is 18.3 Å². The van der Waals surface area contributed by atoms with E-state index < -0.39 is 0 Å². The summed E-state index contributed by atoms with van der Waals surface area (Å²) < 4.78 is 0.917. The summed E-state index contributed by atoms with van der Waals surface area (Å²) >= 11 is 3.38. The molecule has 2 aromatic rings. The van der Waals surface area contributed by atoms with Crippen molar-refractivity contribution < 1.29 is 0 Å². The van der Waals surface area contributed by atoms with E-state index in [0.717, 1.165) is 15.8 Å². The molecule has 0 atom stereocenters. The Labute approximate surface area is 116 Å². The van der Waals surface area contributed by atoms with Crippen LogP contribution in [-0.2, 0) is 0 Å². The highest BCUT2D eigenvalue weighted by Gasteiger charge is 2.09. The number of nitriles is 1. The summed E-state index contributed by atoms with van der Waals surface area (Å²) in [5.41, 5.74) is 3.85. The van der Waals surface area contributed by atoms with Crippen LogP contribution in [0.15, 0.2) is 46.9 Å². The van der Waals surface area contributed by atoms with Gasteiger partial charge in [0.15, 0.2) is 0 Å². The molecular formula is C15H13BrN2. The summed E-state index contributed by atoms with van der Waals surface area (Å²) in [5.74, 6) is 0. The second-order valence-corrected chi connectivity index (χ2v) is 5.09. The fourth-order valence-corrected chi connectivity index (χ4v) is 2.23. The van der Waals surface area contributed by atoms with E-state index in [1.54, 1.807) is 0 Å². The van der Waals surface area contributed by atoms with E-state index in [1.807, 2.05) is 42.3 Å². The number of hydrogen-bond donors (Lipinski definition) is 0. The second kappa shape index (κ2) is 5.24. The molecule has 0 saturated carbocycles. The van der Waals surface area contributed by atoms with Gasteiger partial charge in [0.25, 0.3) is 0 Å². The molecule has 0 aliphatic rings. The van der Waals surface area contributed by atoms with Crippen molar-refractivity contribution in [1.29, 1.82) is 5.26 Å². The van der Waals surface area contributed by atoms with Gasteiger partial charge in [0.1, 0.15) is 6.07 Å². The number of hydrogen-bond acceptors (Lipinski definition) is 2. The van der Waals surface area contributed by atoms with Crippen molar-refractivity contribution in [3.63, 3.8) is 0 Å². The van der Waals surface area contributed by atoms with Crippen molar-refractivity contribution in [3.05, 3.63) is 58.1 Å². The van der Waals surface area contributed by atoms with E-state index in [0.29, 0.717) is 5.56 Å². The Kier molecular flexibility index (Phi) is 3.69. The van der Waals surface area contributed by atoms with E-state index in [4.69, 9.17) is 0 Å². The van der Waals surface area contributed by atoms with Crippen molar-refractivity contribution in [3.8, 4) is 6.07 Å². The van der Waals surface area contributed by atoms with Crippen LogP contribution in [0.5, 0.6) is 0 Å². The van der Waals surface area contributed by atoms with Gasteiger partial charge in [-0.05, 0) is 42.8 Å². The van der Waals surface area contributed by atoms with Crippen LogP contribution in [0.2, 0.25) is 0 Å². The molecule has 0 spiro atoms. The first kappa shape index (κ1) is 12.7. The van der Waals surface area contributed by atoms with E-state index in [1.165, 1.54) is 5.56 Å². The zero-order valence-electron chi connectivity index (χ0n) is 10.3. The largest absolute Gasteiger partial charge is 0.344 e. The van der Waals surface area contributed by atoms with E-state index in [2.05, 4.69) is 41.1 Å². The second-order valence-electron chi connectivity index (χ2n) is 4.17. The summed E-state index contributed by atoms with van der Waals surface area (Å²) in [5, 5.41) is 9.20. The summed E-state index contributed by atoms with van der Waals surface area (Å²) in [4.78, 5) is 2.03. The van der Waals surface area contributed by atoms with Crippen LogP contribution < -0.4 is 4.90 Å². The Morgan fingerprint density at radius 1 is 1.17 bits per heavy atom. The first-order valence-electron chi connectivity index (χ1n) is 5.62. The molecule has 0 bridgehead atoms.